The highest BCUT2D eigenvalue weighted by atomic mass is 19.1. The molecule has 0 aromatic rings. The van der Waals surface area contributed by atoms with E-state index in [0.717, 1.165) is 0 Å². The Balaban J connectivity index is 3.47. The van der Waals surface area contributed by atoms with Crippen molar-refractivity contribution in [3.05, 3.63) is 0 Å². The molecule has 0 aliphatic rings. The fourth-order valence-corrected chi connectivity index (χ4v) is 0.314. The maximum atomic E-state index is 11.4. The van der Waals surface area contributed by atoms with Crippen LogP contribution in [0.5, 0.6) is 0 Å². The molecule has 1 N–H and O–H groups in total. The number of rotatable bonds is 2. The van der Waals surface area contributed by atoms with Gasteiger partial charge < -0.3 is 4.74 Å². The van der Waals surface area contributed by atoms with Crippen LogP contribution >= 0.6 is 0 Å². The first-order chi connectivity index (χ1) is 4.70. The summed E-state index contributed by atoms with van der Waals surface area (Å²) in [6.07, 6.45) is -0.912. The SMILES string of the molecule is CCOC(=O)NC(=O)CF. The summed E-state index contributed by atoms with van der Waals surface area (Å²) in [4.78, 5) is 20.4. The van der Waals surface area contributed by atoms with Crippen molar-refractivity contribution in [1.29, 1.82) is 0 Å². The Morgan fingerprint density at radius 2 is 2.20 bits per heavy atom. The molecule has 0 atom stereocenters. The van der Waals surface area contributed by atoms with Crippen LogP contribution in [0.15, 0.2) is 0 Å². The van der Waals surface area contributed by atoms with E-state index < -0.39 is 18.7 Å². The minimum absolute atomic E-state index is 0.158. The van der Waals surface area contributed by atoms with E-state index in [2.05, 4.69) is 4.74 Å². The van der Waals surface area contributed by atoms with Gasteiger partial charge in [-0.15, -0.1) is 0 Å². The number of hydrogen-bond acceptors (Lipinski definition) is 3. The molecule has 0 spiro atoms. The van der Waals surface area contributed by atoms with E-state index >= 15 is 0 Å². The number of halogens is 1. The molecular formula is C5H8FNO3. The van der Waals surface area contributed by atoms with Crippen LogP contribution < -0.4 is 5.32 Å². The van der Waals surface area contributed by atoms with Crippen LogP contribution in [0, 0.1) is 0 Å². The van der Waals surface area contributed by atoms with Crippen molar-refractivity contribution in [3.8, 4) is 0 Å². The van der Waals surface area contributed by atoms with Crippen LogP contribution in [-0.2, 0) is 9.53 Å². The standard InChI is InChI=1S/C5H8FNO3/c1-2-10-5(9)7-4(8)3-6/h2-3H2,1H3,(H,7,8,9). The Hall–Kier alpha value is -1.13. The smallest absolute Gasteiger partial charge is 0.413 e. The average molecular weight is 149 g/mol. The lowest BCUT2D eigenvalue weighted by molar-refractivity contribution is -0.121. The van der Waals surface area contributed by atoms with E-state index in [1.54, 1.807) is 12.2 Å². The molecule has 5 heteroatoms. The van der Waals surface area contributed by atoms with E-state index in [-0.39, 0.29) is 6.61 Å². The number of amides is 2. The van der Waals surface area contributed by atoms with Gasteiger partial charge in [-0.1, -0.05) is 0 Å². The van der Waals surface area contributed by atoms with Crippen molar-refractivity contribution in [1.82, 2.24) is 5.32 Å². The second-order valence-corrected chi connectivity index (χ2v) is 1.40. The van der Waals surface area contributed by atoms with Crippen LogP contribution in [0.1, 0.15) is 6.92 Å². The zero-order valence-electron chi connectivity index (χ0n) is 5.52. The molecule has 4 nitrogen and oxygen atoms in total. The molecule has 58 valence electrons. The van der Waals surface area contributed by atoms with E-state index in [0.29, 0.717) is 0 Å². The van der Waals surface area contributed by atoms with E-state index in [1.807, 2.05) is 0 Å². The second-order valence-electron chi connectivity index (χ2n) is 1.40. The molecule has 0 aromatic heterocycles. The van der Waals surface area contributed by atoms with Gasteiger partial charge in [0.2, 0.25) is 0 Å². The fraction of sp³-hybridized carbons (Fsp3) is 0.600. The molecule has 0 aromatic carbocycles. The molecule has 0 unspecified atom stereocenters. The second kappa shape index (κ2) is 4.72. The van der Waals surface area contributed by atoms with Gasteiger partial charge in [0.15, 0.2) is 6.67 Å². The number of alkyl carbamates (subject to hydrolysis) is 1. The predicted molar refractivity (Wildman–Crippen MR) is 31.1 cm³/mol. The van der Waals surface area contributed by atoms with Crippen LogP contribution in [0.4, 0.5) is 9.18 Å². The van der Waals surface area contributed by atoms with Gasteiger partial charge in [0.1, 0.15) is 0 Å². The first kappa shape index (κ1) is 8.87. The van der Waals surface area contributed by atoms with Crippen molar-refractivity contribution >= 4 is 12.0 Å². The highest BCUT2D eigenvalue weighted by Crippen LogP contribution is 1.76. The average Bonchev–Trinajstić information content (AvgIpc) is 1.88. The van der Waals surface area contributed by atoms with Gasteiger partial charge in [0, 0.05) is 0 Å². The lowest BCUT2D eigenvalue weighted by Crippen LogP contribution is -2.31. The van der Waals surface area contributed by atoms with Gasteiger partial charge in [-0.3, -0.25) is 10.1 Å². The number of carbonyl (C=O) groups excluding carboxylic acids is 2. The molecular weight excluding hydrogens is 141 g/mol. The molecule has 0 saturated carbocycles. The van der Waals surface area contributed by atoms with Crippen LogP contribution in [0.3, 0.4) is 0 Å². The summed E-state index contributed by atoms with van der Waals surface area (Å²) < 4.78 is 15.6. The summed E-state index contributed by atoms with van der Waals surface area (Å²) in [7, 11) is 0. The summed E-state index contributed by atoms with van der Waals surface area (Å²) in [5, 5.41) is 1.66. The quantitative estimate of drug-likeness (QED) is 0.611. The van der Waals surface area contributed by atoms with E-state index in [4.69, 9.17) is 0 Å². The van der Waals surface area contributed by atoms with E-state index in [1.165, 1.54) is 0 Å². The van der Waals surface area contributed by atoms with Crippen molar-refractivity contribution in [2.45, 2.75) is 6.92 Å². The molecule has 0 aliphatic heterocycles. The summed E-state index contributed by atoms with van der Waals surface area (Å²) in [5.41, 5.74) is 0. The van der Waals surface area contributed by atoms with E-state index in [9.17, 15) is 14.0 Å². The monoisotopic (exact) mass is 149 g/mol. The summed E-state index contributed by atoms with van der Waals surface area (Å²) in [6.45, 7) is 0.531. The number of nitrogens with one attached hydrogen (secondary N) is 1. The van der Waals surface area contributed by atoms with Crippen molar-refractivity contribution in [2.75, 3.05) is 13.3 Å². The minimum Gasteiger partial charge on any atom is -0.450 e. The number of hydrogen-bond donors (Lipinski definition) is 1. The molecule has 0 aliphatic carbocycles. The molecule has 0 heterocycles. The Kier molecular flexibility index (Phi) is 4.19. The first-order valence-corrected chi connectivity index (χ1v) is 2.73. The van der Waals surface area contributed by atoms with Gasteiger partial charge in [-0.2, -0.15) is 0 Å². The summed E-state index contributed by atoms with van der Waals surface area (Å²) in [6, 6.07) is 0. The lowest BCUT2D eigenvalue weighted by Gasteiger charge is -1.99. The minimum atomic E-state index is -1.21. The summed E-state index contributed by atoms with van der Waals surface area (Å²) >= 11 is 0. The van der Waals surface area contributed by atoms with Crippen molar-refractivity contribution in [2.24, 2.45) is 0 Å². The van der Waals surface area contributed by atoms with Gasteiger partial charge in [0.05, 0.1) is 6.61 Å². The highest BCUT2D eigenvalue weighted by Gasteiger charge is 2.05. The topological polar surface area (TPSA) is 55.4 Å². The normalized spacial score (nSPS) is 8.60. The summed E-state index contributed by atoms with van der Waals surface area (Å²) in [5.74, 6) is -0.988. The zero-order chi connectivity index (χ0) is 7.98. The molecule has 0 bridgehead atoms. The van der Waals surface area contributed by atoms with Crippen LogP contribution in [-0.4, -0.2) is 25.3 Å². The Bertz CT molecular complexity index is 137. The first-order valence-electron chi connectivity index (χ1n) is 2.73. The zero-order valence-corrected chi connectivity index (χ0v) is 5.52. The molecule has 2 amide bonds. The van der Waals surface area contributed by atoms with Gasteiger partial charge in [-0.05, 0) is 6.92 Å². The van der Waals surface area contributed by atoms with Crippen LogP contribution in [0.25, 0.3) is 0 Å². The Morgan fingerprint density at radius 1 is 1.60 bits per heavy atom. The molecule has 0 saturated heterocycles. The van der Waals surface area contributed by atoms with Crippen molar-refractivity contribution < 1.29 is 18.7 Å². The van der Waals surface area contributed by atoms with Gasteiger partial charge in [0.25, 0.3) is 5.91 Å². The molecule has 0 radical (unpaired) electrons. The number of ether oxygens (including phenoxy) is 1. The Labute approximate surface area is 57.4 Å². The molecule has 0 fully saturated rings. The van der Waals surface area contributed by atoms with Gasteiger partial charge >= 0.3 is 6.09 Å². The maximum Gasteiger partial charge on any atom is 0.413 e. The number of imide groups is 1. The van der Waals surface area contributed by atoms with Crippen molar-refractivity contribution in [3.63, 3.8) is 0 Å². The fourth-order valence-electron chi connectivity index (χ4n) is 0.314. The number of alkyl halides is 1. The predicted octanol–water partition coefficient (Wildman–Crippen LogP) is 0.229. The maximum absolute atomic E-state index is 11.4. The van der Waals surface area contributed by atoms with Gasteiger partial charge in [-0.25, -0.2) is 9.18 Å². The largest absolute Gasteiger partial charge is 0.450 e. The third-order valence-electron chi connectivity index (χ3n) is 0.638. The third kappa shape index (κ3) is 3.82. The Morgan fingerprint density at radius 3 is 2.60 bits per heavy atom. The molecule has 10 heavy (non-hydrogen) atoms. The lowest BCUT2D eigenvalue weighted by atomic mass is 10.7. The van der Waals surface area contributed by atoms with Crippen LogP contribution in [0.2, 0.25) is 0 Å². The number of carbonyl (C=O) groups is 2. The molecule has 0 rings (SSSR count). The third-order valence-corrected chi connectivity index (χ3v) is 0.638. The highest BCUT2D eigenvalue weighted by molar-refractivity contribution is 5.92.